The predicted molar refractivity (Wildman–Crippen MR) is 100 cm³/mol. The van der Waals surface area contributed by atoms with Gasteiger partial charge in [0.05, 0.1) is 25.3 Å². The quantitative estimate of drug-likeness (QED) is 0.709. The molecular weight excluding hydrogens is 372 g/mol. The molecule has 0 atom stereocenters. The number of rotatable bonds is 7. The molecule has 1 aliphatic heterocycles. The Morgan fingerprint density at radius 2 is 1.81 bits per heavy atom. The highest BCUT2D eigenvalue weighted by Crippen LogP contribution is 2.33. The van der Waals surface area contributed by atoms with Crippen molar-refractivity contribution in [3.05, 3.63) is 59.3 Å². The molecule has 140 valence electrons. The molecule has 0 spiro atoms. The van der Waals surface area contributed by atoms with Crippen molar-refractivity contribution in [1.82, 2.24) is 4.90 Å². The molecule has 0 aromatic heterocycles. The molecule has 2 N–H and O–H groups in total. The van der Waals surface area contributed by atoms with Crippen LogP contribution < -0.4 is 14.8 Å². The lowest BCUT2D eigenvalue weighted by atomic mass is 10.2. The van der Waals surface area contributed by atoms with Crippen LogP contribution in [0.3, 0.4) is 0 Å². The number of aliphatic hydroxyl groups excluding tert-OH is 1. The second-order valence-corrected chi connectivity index (χ2v) is 6.03. The van der Waals surface area contributed by atoms with E-state index in [2.05, 4.69) is 5.32 Å². The van der Waals surface area contributed by atoms with Crippen molar-refractivity contribution in [2.24, 2.45) is 0 Å². The first-order valence-electron chi connectivity index (χ1n) is 8.08. The number of carbonyl (C=O) groups is 2. The lowest BCUT2D eigenvalue weighted by Gasteiger charge is -2.14. The molecule has 27 heavy (non-hydrogen) atoms. The number of hydrogen-bond donors (Lipinski definition) is 2. The van der Waals surface area contributed by atoms with Crippen LogP contribution in [0, 0.1) is 0 Å². The maximum absolute atomic E-state index is 12.2. The minimum atomic E-state index is -0.497. The molecule has 2 amide bonds. The molecule has 0 bridgehead atoms. The van der Waals surface area contributed by atoms with E-state index in [1.165, 1.54) is 6.08 Å². The van der Waals surface area contributed by atoms with Gasteiger partial charge in [-0.15, -0.1) is 0 Å². The Balaban J connectivity index is 1.70. The Bertz CT molecular complexity index is 895. The van der Waals surface area contributed by atoms with Crippen molar-refractivity contribution in [1.29, 1.82) is 0 Å². The number of nitrogens with zero attached hydrogens (tertiary/aromatic N) is 1. The van der Waals surface area contributed by atoms with Crippen LogP contribution >= 0.6 is 11.6 Å². The third-order valence-electron chi connectivity index (χ3n) is 3.83. The van der Waals surface area contributed by atoms with Crippen LogP contribution in [0.5, 0.6) is 17.2 Å². The molecule has 0 unspecified atom stereocenters. The summed E-state index contributed by atoms with van der Waals surface area (Å²) in [7, 11) is 1.58. The normalized spacial score (nSPS) is 13.6. The second-order valence-electron chi connectivity index (χ2n) is 5.62. The summed E-state index contributed by atoms with van der Waals surface area (Å²) in [5, 5.41) is 12.1. The number of aliphatic hydroxyl groups is 1. The van der Waals surface area contributed by atoms with Gasteiger partial charge in [0.15, 0.2) is 0 Å². The third-order valence-corrected chi connectivity index (χ3v) is 4.13. The fourth-order valence-electron chi connectivity index (χ4n) is 2.50. The van der Waals surface area contributed by atoms with E-state index in [0.717, 1.165) is 4.90 Å². The third kappa shape index (κ3) is 4.21. The molecule has 1 heterocycles. The number of nitrogens with one attached hydrogen (secondary N) is 1. The van der Waals surface area contributed by atoms with Gasteiger partial charge in [-0.2, -0.15) is 0 Å². The Morgan fingerprint density at radius 3 is 2.44 bits per heavy atom. The van der Waals surface area contributed by atoms with Crippen LogP contribution in [0.4, 0.5) is 5.69 Å². The molecule has 1 aliphatic rings. The SMILES string of the molecule is COc1ccc(Oc2ccc(NC3=CC(=O)N(CCO)C3=O)cc2Cl)cc1. The van der Waals surface area contributed by atoms with Crippen LogP contribution in [-0.4, -0.2) is 42.1 Å². The van der Waals surface area contributed by atoms with Crippen LogP contribution in [0.1, 0.15) is 0 Å². The van der Waals surface area contributed by atoms with Gasteiger partial charge in [-0.1, -0.05) is 11.6 Å². The summed E-state index contributed by atoms with van der Waals surface area (Å²) in [4.78, 5) is 24.9. The number of halogens is 1. The van der Waals surface area contributed by atoms with Gasteiger partial charge >= 0.3 is 0 Å². The van der Waals surface area contributed by atoms with E-state index < -0.39 is 11.8 Å². The van der Waals surface area contributed by atoms with Gasteiger partial charge in [0.25, 0.3) is 11.8 Å². The molecule has 0 saturated carbocycles. The first kappa shape index (κ1) is 18.8. The molecule has 2 aromatic rings. The number of hydrogen-bond acceptors (Lipinski definition) is 6. The molecule has 0 radical (unpaired) electrons. The van der Waals surface area contributed by atoms with Crippen LogP contribution in [0.25, 0.3) is 0 Å². The molecule has 0 aliphatic carbocycles. The Hall–Kier alpha value is -3.03. The summed E-state index contributed by atoms with van der Waals surface area (Å²) in [6.07, 6.45) is 1.19. The number of methoxy groups -OCH3 is 1. The lowest BCUT2D eigenvalue weighted by Crippen LogP contribution is -2.34. The highest BCUT2D eigenvalue weighted by Gasteiger charge is 2.30. The molecule has 2 aromatic carbocycles. The Labute approximate surface area is 160 Å². The molecule has 0 fully saturated rings. The highest BCUT2D eigenvalue weighted by atomic mass is 35.5. The molecular formula is C19H17ClN2O5. The number of β-amino-alcohol motifs (C(OH)–C–C–N with tert-alkyl or cyclic N) is 1. The molecule has 3 rings (SSSR count). The van der Waals surface area contributed by atoms with Crippen molar-refractivity contribution in [2.45, 2.75) is 0 Å². The van der Waals surface area contributed by atoms with Crippen molar-refractivity contribution in [3.8, 4) is 17.2 Å². The standard InChI is InChI=1S/C19H17ClN2O5/c1-26-13-3-5-14(6-4-13)27-17-7-2-12(10-15(17)20)21-16-11-18(24)22(8-9-23)19(16)25/h2-7,10-11,21,23H,8-9H2,1H3. The van der Waals surface area contributed by atoms with Gasteiger partial charge < -0.3 is 19.9 Å². The van der Waals surface area contributed by atoms with Crippen LogP contribution in [-0.2, 0) is 9.59 Å². The van der Waals surface area contributed by atoms with Crippen molar-refractivity contribution >= 4 is 29.1 Å². The fourth-order valence-corrected chi connectivity index (χ4v) is 2.72. The summed E-state index contributed by atoms with van der Waals surface area (Å²) in [6.45, 7) is -0.337. The number of benzene rings is 2. The summed E-state index contributed by atoms with van der Waals surface area (Å²) in [6, 6.07) is 12.0. The summed E-state index contributed by atoms with van der Waals surface area (Å²) in [5.74, 6) is 0.785. The van der Waals surface area contributed by atoms with Gasteiger partial charge in [-0.3, -0.25) is 14.5 Å². The average molecular weight is 389 g/mol. The zero-order valence-corrected chi connectivity index (χ0v) is 15.2. The largest absolute Gasteiger partial charge is 0.497 e. The van der Waals surface area contributed by atoms with Gasteiger partial charge in [0, 0.05) is 11.8 Å². The topological polar surface area (TPSA) is 88.1 Å². The fraction of sp³-hybridized carbons (Fsp3) is 0.158. The van der Waals surface area contributed by atoms with Gasteiger partial charge in [0.1, 0.15) is 22.9 Å². The van der Waals surface area contributed by atoms with Crippen LogP contribution in [0.2, 0.25) is 5.02 Å². The lowest BCUT2D eigenvalue weighted by molar-refractivity contribution is -0.137. The highest BCUT2D eigenvalue weighted by molar-refractivity contribution is 6.32. The maximum Gasteiger partial charge on any atom is 0.277 e. The van der Waals surface area contributed by atoms with E-state index in [4.69, 9.17) is 26.2 Å². The van der Waals surface area contributed by atoms with Crippen LogP contribution in [0.15, 0.2) is 54.2 Å². The monoisotopic (exact) mass is 388 g/mol. The zero-order chi connectivity index (χ0) is 19.4. The molecule has 7 nitrogen and oxygen atoms in total. The average Bonchev–Trinajstić information content (AvgIpc) is 2.92. The van der Waals surface area contributed by atoms with Crippen molar-refractivity contribution < 1.29 is 24.2 Å². The van der Waals surface area contributed by atoms with E-state index in [1.54, 1.807) is 49.6 Å². The minimum absolute atomic E-state index is 0.0469. The summed E-state index contributed by atoms with van der Waals surface area (Å²) < 4.78 is 10.8. The Morgan fingerprint density at radius 1 is 1.11 bits per heavy atom. The van der Waals surface area contributed by atoms with E-state index in [1.807, 2.05) is 0 Å². The minimum Gasteiger partial charge on any atom is -0.497 e. The smallest absolute Gasteiger partial charge is 0.277 e. The van der Waals surface area contributed by atoms with E-state index in [-0.39, 0.29) is 18.8 Å². The Kier molecular flexibility index (Phi) is 5.63. The number of imide groups is 1. The number of ether oxygens (including phenoxy) is 2. The van der Waals surface area contributed by atoms with E-state index in [9.17, 15) is 9.59 Å². The van der Waals surface area contributed by atoms with E-state index >= 15 is 0 Å². The van der Waals surface area contributed by atoms with Gasteiger partial charge in [-0.05, 0) is 42.5 Å². The van der Waals surface area contributed by atoms with Gasteiger partial charge in [0.2, 0.25) is 0 Å². The first-order valence-corrected chi connectivity index (χ1v) is 8.46. The van der Waals surface area contributed by atoms with Crippen molar-refractivity contribution in [2.75, 3.05) is 25.6 Å². The summed E-state index contributed by atoms with van der Waals surface area (Å²) >= 11 is 6.26. The molecule has 8 heteroatoms. The number of carbonyl (C=O) groups excluding carboxylic acids is 2. The predicted octanol–water partition coefficient (Wildman–Crippen LogP) is 2.80. The second kappa shape index (κ2) is 8.11. The number of anilines is 1. The maximum atomic E-state index is 12.2. The van der Waals surface area contributed by atoms with Crippen molar-refractivity contribution in [3.63, 3.8) is 0 Å². The van der Waals surface area contributed by atoms with E-state index in [0.29, 0.717) is 28.0 Å². The summed E-state index contributed by atoms with van der Waals surface area (Å²) in [5.41, 5.74) is 0.647. The van der Waals surface area contributed by atoms with Gasteiger partial charge in [-0.25, -0.2) is 0 Å². The first-order chi connectivity index (χ1) is 13.0. The number of amides is 2. The molecule has 0 saturated heterocycles. The zero-order valence-electron chi connectivity index (χ0n) is 14.4.